The predicted octanol–water partition coefficient (Wildman–Crippen LogP) is 2.47. The summed E-state index contributed by atoms with van der Waals surface area (Å²) in [5.74, 6) is 0. The summed E-state index contributed by atoms with van der Waals surface area (Å²) < 4.78 is 37.8. The Labute approximate surface area is 88.1 Å². The van der Waals surface area contributed by atoms with E-state index in [1.165, 1.54) is 6.08 Å². The van der Waals surface area contributed by atoms with Gasteiger partial charge in [0.2, 0.25) is 0 Å². The minimum atomic E-state index is -4.53. The zero-order valence-corrected chi connectivity index (χ0v) is 8.09. The summed E-state index contributed by atoms with van der Waals surface area (Å²) in [5.41, 5.74) is -0.146. The van der Waals surface area contributed by atoms with Crippen molar-refractivity contribution in [2.45, 2.75) is 12.7 Å². The van der Waals surface area contributed by atoms with E-state index in [-0.39, 0.29) is 18.5 Å². The summed E-state index contributed by atoms with van der Waals surface area (Å²) in [4.78, 5) is 10.3. The molecular formula is C8H6ClF3N2O. The Balaban J connectivity index is 3.11. The summed E-state index contributed by atoms with van der Waals surface area (Å²) in [7, 11) is 0. The van der Waals surface area contributed by atoms with Crippen LogP contribution in [0.4, 0.5) is 13.2 Å². The van der Waals surface area contributed by atoms with Crippen LogP contribution in [0, 0.1) is 0 Å². The molecule has 0 saturated heterocycles. The van der Waals surface area contributed by atoms with Crippen LogP contribution >= 0.6 is 11.6 Å². The van der Waals surface area contributed by atoms with Gasteiger partial charge in [-0.15, -0.1) is 0 Å². The fourth-order valence-corrected chi connectivity index (χ4v) is 1.08. The van der Waals surface area contributed by atoms with Crippen molar-refractivity contribution in [3.63, 3.8) is 0 Å². The number of carbonyl (C=O) groups is 1. The van der Waals surface area contributed by atoms with Gasteiger partial charge < -0.3 is 0 Å². The van der Waals surface area contributed by atoms with E-state index in [2.05, 4.69) is 5.10 Å². The number of aromatic nitrogens is 2. The third-order valence-corrected chi connectivity index (χ3v) is 1.76. The number of alkyl halides is 3. The van der Waals surface area contributed by atoms with Gasteiger partial charge in [0.25, 0.3) is 0 Å². The van der Waals surface area contributed by atoms with Crippen molar-refractivity contribution in [2.75, 3.05) is 0 Å². The third-order valence-electron chi connectivity index (χ3n) is 1.58. The maximum Gasteiger partial charge on any atom is 0.433 e. The molecule has 1 aromatic heterocycles. The first-order chi connectivity index (χ1) is 6.99. The van der Waals surface area contributed by atoms with Crippen molar-refractivity contribution < 1.29 is 18.0 Å². The maximum absolute atomic E-state index is 12.4. The van der Waals surface area contributed by atoms with Gasteiger partial charge in [0.1, 0.15) is 11.4 Å². The molecule has 0 spiro atoms. The maximum atomic E-state index is 12.4. The minimum Gasteiger partial charge on any atom is -0.296 e. The topological polar surface area (TPSA) is 34.9 Å². The molecule has 0 amide bonds. The summed E-state index contributed by atoms with van der Waals surface area (Å²) >= 11 is 5.19. The Bertz CT molecular complexity index is 384. The molecule has 1 rings (SSSR count). The first-order valence-corrected chi connectivity index (χ1v) is 4.28. The first kappa shape index (κ1) is 11.8. The number of carbonyl (C=O) groups excluding carboxylic acids is 1. The van der Waals surface area contributed by atoms with Gasteiger partial charge in [-0.2, -0.15) is 18.3 Å². The highest BCUT2D eigenvalue weighted by Crippen LogP contribution is 2.29. The molecule has 0 radical (unpaired) electrons. The van der Waals surface area contributed by atoms with Crippen molar-refractivity contribution in [3.8, 4) is 0 Å². The number of halogens is 4. The molecule has 0 atom stereocenters. The standard InChI is InChI=1S/C8H6ClF3N2O/c9-2-1-3-14-7(8(10,11)12)4-6(5-15)13-14/h1-2,4-5H,3H2. The van der Waals surface area contributed by atoms with Gasteiger partial charge >= 0.3 is 6.18 Å². The Hall–Kier alpha value is -1.30. The van der Waals surface area contributed by atoms with Gasteiger partial charge in [-0.25, -0.2) is 0 Å². The van der Waals surface area contributed by atoms with Gasteiger partial charge in [0.15, 0.2) is 6.29 Å². The van der Waals surface area contributed by atoms with E-state index >= 15 is 0 Å². The average molecular weight is 239 g/mol. The SMILES string of the molecule is O=Cc1cc(C(F)(F)F)n(CC=CCl)n1. The van der Waals surface area contributed by atoms with Crippen LogP contribution in [0.3, 0.4) is 0 Å². The molecular weight excluding hydrogens is 233 g/mol. The number of nitrogens with zero attached hydrogens (tertiary/aromatic N) is 2. The second-order valence-corrected chi connectivity index (χ2v) is 2.87. The van der Waals surface area contributed by atoms with E-state index in [0.717, 1.165) is 5.54 Å². The molecule has 0 aliphatic carbocycles. The predicted molar refractivity (Wildman–Crippen MR) is 47.6 cm³/mol. The van der Waals surface area contributed by atoms with E-state index in [4.69, 9.17) is 11.6 Å². The fourth-order valence-electron chi connectivity index (χ4n) is 1.00. The monoisotopic (exact) mass is 238 g/mol. The lowest BCUT2D eigenvalue weighted by atomic mass is 10.3. The first-order valence-electron chi connectivity index (χ1n) is 3.84. The molecule has 0 unspecified atom stereocenters. The van der Waals surface area contributed by atoms with E-state index in [1.54, 1.807) is 0 Å². The van der Waals surface area contributed by atoms with Crippen molar-refractivity contribution >= 4 is 17.9 Å². The van der Waals surface area contributed by atoms with Crippen molar-refractivity contribution in [1.82, 2.24) is 9.78 Å². The fraction of sp³-hybridized carbons (Fsp3) is 0.250. The molecule has 1 aromatic rings. The lowest BCUT2D eigenvalue weighted by Gasteiger charge is -2.07. The molecule has 3 nitrogen and oxygen atoms in total. The van der Waals surface area contributed by atoms with Crippen molar-refractivity contribution in [1.29, 1.82) is 0 Å². The van der Waals surface area contributed by atoms with Crippen molar-refractivity contribution in [3.05, 3.63) is 29.1 Å². The van der Waals surface area contributed by atoms with Gasteiger partial charge in [0.05, 0.1) is 6.54 Å². The molecule has 82 valence electrons. The van der Waals surface area contributed by atoms with Gasteiger partial charge in [-0.1, -0.05) is 17.7 Å². The number of aldehydes is 1. The Morgan fingerprint density at radius 1 is 1.53 bits per heavy atom. The highest BCUT2D eigenvalue weighted by Gasteiger charge is 2.35. The Kier molecular flexibility index (Phi) is 3.52. The number of hydrogen-bond acceptors (Lipinski definition) is 2. The van der Waals surface area contributed by atoms with Gasteiger partial charge in [-0.3, -0.25) is 9.48 Å². The summed E-state index contributed by atoms with van der Waals surface area (Å²) in [6.07, 6.45) is -2.98. The number of hydrogen-bond donors (Lipinski definition) is 0. The minimum absolute atomic E-state index is 0.133. The van der Waals surface area contributed by atoms with Crippen LogP contribution in [-0.4, -0.2) is 16.1 Å². The van der Waals surface area contributed by atoms with Crippen LogP contribution in [0.25, 0.3) is 0 Å². The second-order valence-electron chi connectivity index (χ2n) is 2.61. The van der Waals surface area contributed by atoms with Crippen LogP contribution in [0.5, 0.6) is 0 Å². The van der Waals surface area contributed by atoms with Crippen LogP contribution in [0.15, 0.2) is 17.7 Å². The summed E-state index contributed by atoms with van der Waals surface area (Å²) in [5, 5.41) is 3.45. The molecule has 7 heteroatoms. The zero-order valence-electron chi connectivity index (χ0n) is 7.33. The Morgan fingerprint density at radius 2 is 2.20 bits per heavy atom. The zero-order chi connectivity index (χ0) is 11.5. The molecule has 0 N–H and O–H groups in total. The number of allylic oxidation sites excluding steroid dienone is 1. The average Bonchev–Trinajstić information content (AvgIpc) is 2.57. The summed E-state index contributed by atoms with van der Waals surface area (Å²) in [6, 6.07) is 0.690. The van der Waals surface area contributed by atoms with E-state index in [9.17, 15) is 18.0 Å². The van der Waals surface area contributed by atoms with Gasteiger partial charge in [0, 0.05) is 5.54 Å². The molecule has 0 aliphatic heterocycles. The quantitative estimate of drug-likeness (QED) is 0.759. The third kappa shape index (κ3) is 2.82. The van der Waals surface area contributed by atoms with Crippen LogP contribution in [-0.2, 0) is 12.7 Å². The van der Waals surface area contributed by atoms with Crippen molar-refractivity contribution in [2.24, 2.45) is 0 Å². The molecule has 1 heterocycles. The van der Waals surface area contributed by atoms with E-state index < -0.39 is 11.9 Å². The largest absolute Gasteiger partial charge is 0.433 e. The molecule has 0 bridgehead atoms. The molecule has 15 heavy (non-hydrogen) atoms. The molecule has 0 aromatic carbocycles. The van der Waals surface area contributed by atoms with Crippen LogP contribution in [0.1, 0.15) is 16.2 Å². The highest BCUT2D eigenvalue weighted by molar-refractivity contribution is 6.25. The van der Waals surface area contributed by atoms with Gasteiger partial charge in [-0.05, 0) is 6.07 Å². The van der Waals surface area contributed by atoms with Crippen LogP contribution < -0.4 is 0 Å². The van der Waals surface area contributed by atoms with E-state index in [0.29, 0.717) is 10.7 Å². The Morgan fingerprint density at radius 3 is 2.67 bits per heavy atom. The lowest BCUT2D eigenvalue weighted by Crippen LogP contribution is -2.13. The highest BCUT2D eigenvalue weighted by atomic mass is 35.5. The molecule has 0 saturated carbocycles. The lowest BCUT2D eigenvalue weighted by molar-refractivity contribution is -0.144. The summed E-state index contributed by atoms with van der Waals surface area (Å²) in [6.45, 7) is -0.133. The second kappa shape index (κ2) is 4.48. The molecule has 0 aliphatic rings. The normalized spacial score (nSPS) is 12.3. The van der Waals surface area contributed by atoms with E-state index in [1.807, 2.05) is 0 Å². The van der Waals surface area contributed by atoms with Crippen LogP contribution in [0.2, 0.25) is 0 Å². The number of rotatable bonds is 3. The molecule has 0 fully saturated rings. The smallest absolute Gasteiger partial charge is 0.296 e.